The van der Waals surface area contributed by atoms with Crippen molar-refractivity contribution in [3.05, 3.63) is 16.1 Å². The van der Waals surface area contributed by atoms with Crippen molar-refractivity contribution in [2.45, 2.75) is 38.8 Å². The molecule has 4 nitrogen and oxygen atoms in total. The molecule has 0 bridgehead atoms. The molecule has 1 N–H and O–H groups in total. The number of aromatic nitrogens is 1. The molecule has 17 heavy (non-hydrogen) atoms. The predicted octanol–water partition coefficient (Wildman–Crippen LogP) is 1.55. The number of piperidine rings is 1. The van der Waals surface area contributed by atoms with Crippen LogP contribution in [0.5, 0.6) is 0 Å². The third-order valence-electron chi connectivity index (χ3n) is 3.17. The predicted molar refractivity (Wildman–Crippen MR) is 69.0 cm³/mol. The van der Waals surface area contributed by atoms with Gasteiger partial charge < -0.3 is 5.32 Å². The summed E-state index contributed by atoms with van der Waals surface area (Å²) in [6.45, 7) is 3.81. The molecule has 0 unspecified atom stereocenters. The van der Waals surface area contributed by atoms with Gasteiger partial charge in [0.15, 0.2) is 0 Å². The van der Waals surface area contributed by atoms with E-state index in [0.717, 1.165) is 36.6 Å². The van der Waals surface area contributed by atoms with E-state index in [0.29, 0.717) is 0 Å². The van der Waals surface area contributed by atoms with E-state index in [1.807, 2.05) is 6.92 Å². The molecular formula is C12H19N3OS. The molecule has 0 spiro atoms. The maximum atomic E-state index is 11.8. The fourth-order valence-electron chi connectivity index (χ4n) is 2.29. The molecular weight excluding hydrogens is 234 g/mol. The highest BCUT2D eigenvalue weighted by molar-refractivity contribution is 7.09. The second kappa shape index (κ2) is 5.60. The van der Waals surface area contributed by atoms with Crippen LogP contribution in [0, 0.1) is 6.92 Å². The van der Waals surface area contributed by atoms with Crippen LogP contribution in [0.2, 0.25) is 0 Å². The summed E-state index contributed by atoms with van der Waals surface area (Å²) in [5.74, 6) is 0.137. The first-order valence-electron chi connectivity index (χ1n) is 6.07. The SMILES string of the molecule is CNC(=O)[C@H]1CCCCN1Cc1nc(C)cs1. The normalized spacial score (nSPS) is 21.4. The molecule has 1 amide bonds. The van der Waals surface area contributed by atoms with Gasteiger partial charge in [-0.1, -0.05) is 6.42 Å². The Labute approximate surface area is 106 Å². The van der Waals surface area contributed by atoms with E-state index in [4.69, 9.17) is 0 Å². The lowest BCUT2D eigenvalue weighted by Gasteiger charge is -2.33. The Kier molecular flexibility index (Phi) is 4.12. The number of hydrogen-bond donors (Lipinski definition) is 1. The molecule has 5 heteroatoms. The fourth-order valence-corrected chi connectivity index (χ4v) is 3.09. The molecule has 2 heterocycles. The molecule has 0 aliphatic carbocycles. The lowest BCUT2D eigenvalue weighted by molar-refractivity contribution is -0.127. The van der Waals surface area contributed by atoms with Crippen LogP contribution in [-0.2, 0) is 11.3 Å². The van der Waals surface area contributed by atoms with Crippen molar-refractivity contribution in [1.82, 2.24) is 15.2 Å². The van der Waals surface area contributed by atoms with Gasteiger partial charge in [0, 0.05) is 18.1 Å². The summed E-state index contributed by atoms with van der Waals surface area (Å²) in [4.78, 5) is 18.5. The highest BCUT2D eigenvalue weighted by Gasteiger charge is 2.28. The van der Waals surface area contributed by atoms with Crippen LogP contribution < -0.4 is 5.32 Å². The van der Waals surface area contributed by atoms with Crippen molar-refractivity contribution in [3.8, 4) is 0 Å². The van der Waals surface area contributed by atoms with Gasteiger partial charge in [-0.15, -0.1) is 11.3 Å². The smallest absolute Gasteiger partial charge is 0.237 e. The lowest BCUT2D eigenvalue weighted by Crippen LogP contribution is -2.48. The number of nitrogens with zero attached hydrogens (tertiary/aromatic N) is 2. The Morgan fingerprint density at radius 2 is 2.47 bits per heavy atom. The van der Waals surface area contributed by atoms with E-state index < -0.39 is 0 Å². The van der Waals surface area contributed by atoms with Gasteiger partial charge in [0.25, 0.3) is 0 Å². The summed E-state index contributed by atoms with van der Waals surface area (Å²) >= 11 is 1.68. The third-order valence-corrected chi connectivity index (χ3v) is 4.12. The van der Waals surface area contributed by atoms with E-state index >= 15 is 0 Å². The minimum Gasteiger partial charge on any atom is -0.358 e. The monoisotopic (exact) mass is 253 g/mol. The van der Waals surface area contributed by atoms with Crippen LogP contribution in [0.25, 0.3) is 0 Å². The first kappa shape index (κ1) is 12.5. The molecule has 1 fully saturated rings. The zero-order valence-electron chi connectivity index (χ0n) is 10.4. The van der Waals surface area contributed by atoms with E-state index in [2.05, 4.69) is 20.6 Å². The van der Waals surface area contributed by atoms with Gasteiger partial charge in [-0.05, 0) is 26.3 Å². The highest BCUT2D eigenvalue weighted by atomic mass is 32.1. The van der Waals surface area contributed by atoms with Gasteiger partial charge >= 0.3 is 0 Å². The van der Waals surface area contributed by atoms with Gasteiger partial charge in [-0.25, -0.2) is 4.98 Å². The number of rotatable bonds is 3. The molecule has 2 rings (SSSR count). The maximum Gasteiger partial charge on any atom is 0.237 e. The highest BCUT2D eigenvalue weighted by Crippen LogP contribution is 2.21. The van der Waals surface area contributed by atoms with Crippen molar-refractivity contribution < 1.29 is 4.79 Å². The van der Waals surface area contributed by atoms with Crippen LogP contribution in [0.1, 0.15) is 30.0 Å². The standard InChI is InChI=1S/C12H19N3OS/c1-9-8-17-11(14-9)7-15-6-4-3-5-10(15)12(16)13-2/h8,10H,3-7H2,1-2H3,(H,13,16)/t10-/m1/s1. The molecule has 94 valence electrons. The number of nitrogens with one attached hydrogen (secondary N) is 1. The molecule has 0 aromatic carbocycles. The average molecular weight is 253 g/mol. The number of thiazole rings is 1. The van der Waals surface area contributed by atoms with Crippen molar-refractivity contribution >= 4 is 17.2 Å². The van der Waals surface area contributed by atoms with E-state index in [1.165, 1.54) is 6.42 Å². The van der Waals surface area contributed by atoms with Crippen molar-refractivity contribution in [3.63, 3.8) is 0 Å². The van der Waals surface area contributed by atoms with Crippen LogP contribution in [0.3, 0.4) is 0 Å². The second-order valence-corrected chi connectivity index (χ2v) is 5.42. The summed E-state index contributed by atoms with van der Waals surface area (Å²) < 4.78 is 0. The minimum atomic E-state index is 0.0259. The van der Waals surface area contributed by atoms with Crippen molar-refractivity contribution in [2.24, 2.45) is 0 Å². The Bertz CT molecular complexity index is 391. The Hall–Kier alpha value is -0.940. The van der Waals surface area contributed by atoms with Crippen molar-refractivity contribution in [2.75, 3.05) is 13.6 Å². The Morgan fingerprint density at radius 1 is 1.65 bits per heavy atom. The van der Waals surface area contributed by atoms with Gasteiger partial charge in [0.05, 0.1) is 12.6 Å². The number of likely N-dealkylation sites (N-methyl/N-ethyl adjacent to an activating group) is 1. The summed E-state index contributed by atoms with van der Waals surface area (Å²) in [5, 5.41) is 5.93. The molecule has 1 aliphatic heterocycles. The van der Waals surface area contributed by atoms with E-state index in [9.17, 15) is 4.79 Å². The van der Waals surface area contributed by atoms with Crippen LogP contribution in [0.15, 0.2) is 5.38 Å². The van der Waals surface area contributed by atoms with Gasteiger partial charge in [0.2, 0.25) is 5.91 Å². The van der Waals surface area contributed by atoms with Crippen LogP contribution in [-0.4, -0.2) is 35.4 Å². The molecule has 1 atom stereocenters. The average Bonchev–Trinajstić information content (AvgIpc) is 2.74. The zero-order valence-corrected chi connectivity index (χ0v) is 11.2. The fraction of sp³-hybridized carbons (Fsp3) is 0.667. The molecule has 1 aromatic heterocycles. The Morgan fingerprint density at radius 3 is 3.12 bits per heavy atom. The van der Waals surface area contributed by atoms with Gasteiger partial charge in [-0.2, -0.15) is 0 Å². The van der Waals surface area contributed by atoms with E-state index in [1.54, 1.807) is 18.4 Å². The number of amides is 1. The number of hydrogen-bond acceptors (Lipinski definition) is 4. The summed E-state index contributed by atoms with van der Waals surface area (Å²) in [7, 11) is 1.71. The third kappa shape index (κ3) is 3.04. The zero-order chi connectivity index (χ0) is 12.3. The van der Waals surface area contributed by atoms with Crippen LogP contribution >= 0.6 is 11.3 Å². The summed E-state index contributed by atoms with van der Waals surface area (Å²) in [5.41, 5.74) is 1.07. The van der Waals surface area contributed by atoms with E-state index in [-0.39, 0.29) is 11.9 Å². The molecule has 1 saturated heterocycles. The van der Waals surface area contributed by atoms with Crippen LogP contribution in [0.4, 0.5) is 0 Å². The number of carbonyl (C=O) groups excluding carboxylic acids is 1. The van der Waals surface area contributed by atoms with Crippen molar-refractivity contribution in [1.29, 1.82) is 0 Å². The summed E-state index contributed by atoms with van der Waals surface area (Å²) in [6, 6.07) is 0.0259. The number of likely N-dealkylation sites (tertiary alicyclic amines) is 1. The quantitative estimate of drug-likeness (QED) is 0.889. The molecule has 1 aliphatic rings. The first-order chi connectivity index (χ1) is 8.20. The first-order valence-corrected chi connectivity index (χ1v) is 6.95. The Balaban J connectivity index is 2.03. The maximum absolute atomic E-state index is 11.8. The minimum absolute atomic E-state index is 0.0259. The largest absolute Gasteiger partial charge is 0.358 e. The lowest BCUT2D eigenvalue weighted by atomic mass is 10.0. The van der Waals surface area contributed by atoms with Gasteiger partial charge in [0.1, 0.15) is 5.01 Å². The summed E-state index contributed by atoms with van der Waals surface area (Å²) in [6.07, 6.45) is 3.29. The topological polar surface area (TPSA) is 45.2 Å². The molecule has 1 aromatic rings. The number of carbonyl (C=O) groups is 1. The second-order valence-electron chi connectivity index (χ2n) is 4.48. The number of aryl methyl sites for hydroxylation is 1. The molecule has 0 saturated carbocycles. The van der Waals surface area contributed by atoms with Gasteiger partial charge in [-0.3, -0.25) is 9.69 Å². The molecule has 0 radical (unpaired) electrons.